The Bertz CT molecular complexity index is 375. The van der Waals surface area contributed by atoms with E-state index in [1.807, 2.05) is 23.1 Å². The molecule has 1 amide bonds. The minimum atomic E-state index is -0.108. The van der Waals surface area contributed by atoms with Gasteiger partial charge in [0.25, 0.3) is 0 Å². The molecule has 0 heterocycles. The first-order valence-corrected chi connectivity index (χ1v) is 7.33. The van der Waals surface area contributed by atoms with Crippen molar-refractivity contribution in [2.45, 2.75) is 45.1 Å². The van der Waals surface area contributed by atoms with E-state index in [-0.39, 0.29) is 16.8 Å². The van der Waals surface area contributed by atoms with Gasteiger partial charge in [-0.05, 0) is 25.3 Å². The Hall–Kier alpha value is -0.830. The van der Waals surface area contributed by atoms with Gasteiger partial charge in [0, 0.05) is 12.6 Å². The van der Waals surface area contributed by atoms with E-state index in [4.69, 9.17) is 0 Å². The molecule has 0 saturated carbocycles. The van der Waals surface area contributed by atoms with Gasteiger partial charge < -0.3 is 4.90 Å². The predicted molar refractivity (Wildman–Crippen MR) is 79.7 cm³/mol. The van der Waals surface area contributed by atoms with Crippen LogP contribution in [0.2, 0.25) is 0 Å². The Balaban J connectivity index is 2.81. The number of alkyl halides is 1. The molecule has 0 radical (unpaired) electrons. The van der Waals surface area contributed by atoms with Crippen LogP contribution in [0.4, 0.5) is 0 Å². The van der Waals surface area contributed by atoms with E-state index in [1.54, 1.807) is 0 Å². The normalized spacial score (nSPS) is 12.8. The minimum absolute atomic E-state index is 0.108. The van der Waals surface area contributed by atoms with Crippen molar-refractivity contribution in [1.82, 2.24) is 4.90 Å². The van der Waals surface area contributed by atoms with Crippen molar-refractivity contribution in [2.24, 2.45) is 5.92 Å². The Morgan fingerprint density at radius 2 is 1.72 bits per heavy atom. The smallest absolute Gasteiger partial charge is 0.237 e. The molecule has 0 fully saturated rings. The number of hydrogen-bond acceptors (Lipinski definition) is 1. The van der Waals surface area contributed by atoms with Gasteiger partial charge in [-0.25, -0.2) is 0 Å². The molecule has 18 heavy (non-hydrogen) atoms. The molecule has 1 unspecified atom stereocenters. The maximum Gasteiger partial charge on any atom is 0.237 e. The van der Waals surface area contributed by atoms with Gasteiger partial charge in [-0.2, -0.15) is 0 Å². The van der Waals surface area contributed by atoms with Crippen molar-refractivity contribution in [1.29, 1.82) is 0 Å². The lowest BCUT2D eigenvalue weighted by atomic mass is 10.1. The third-order valence-corrected chi connectivity index (χ3v) is 4.37. The zero-order valence-electron chi connectivity index (χ0n) is 11.6. The van der Waals surface area contributed by atoms with Crippen LogP contribution in [0.15, 0.2) is 30.3 Å². The second kappa shape index (κ2) is 6.93. The van der Waals surface area contributed by atoms with Crippen molar-refractivity contribution in [3.8, 4) is 0 Å². The average Bonchev–Trinajstić information content (AvgIpc) is 2.35. The van der Waals surface area contributed by atoms with Crippen molar-refractivity contribution in [3.05, 3.63) is 35.9 Å². The van der Waals surface area contributed by atoms with Crippen LogP contribution in [0.1, 0.15) is 33.3 Å². The molecule has 1 rings (SSSR count). The van der Waals surface area contributed by atoms with Crippen LogP contribution in [0.5, 0.6) is 0 Å². The molecule has 1 atom stereocenters. The summed E-state index contributed by atoms with van der Waals surface area (Å²) in [6, 6.07) is 10.3. The topological polar surface area (TPSA) is 20.3 Å². The van der Waals surface area contributed by atoms with Gasteiger partial charge in [-0.1, -0.05) is 60.1 Å². The molecular weight excluding hydrogens is 290 g/mol. The molecule has 1 aromatic carbocycles. The molecule has 0 N–H and O–H groups in total. The van der Waals surface area contributed by atoms with Crippen LogP contribution < -0.4 is 0 Å². The standard InChI is InChI=1S/C15H22BrNO/c1-11(2)14(16)15(18)17(12(3)4)10-13-8-6-5-7-9-13/h5-9,11-12,14H,10H2,1-4H3. The van der Waals surface area contributed by atoms with Crippen LogP contribution in [-0.4, -0.2) is 21.7 Å². The largest absolute Gasteiger partial charge is 0.335 e. The van der Waals surface area contributed by atoms with Gasteiger partial charge in [0.1, 0.15) is 0 Å². The fourth-order valence-corrected chi connectivity index (χ4v) is 2.00. The lowest BCUT2D eigenvalue weighted by Gasteiger charge is -2.30. The fourth-order valence-electron chi connectivity index (χ4n) is 1.74. The molecule has 0 aromatic heterocycles. The lowest BCUT2D eigenvalue weighted by molar-refractivity contribution is -0.133. The minimum Gasteiger partial charge on any atom is -0.335 e. The number of carbonyl (C=O) groups excluding carboxylic acids is 1. The van der Waals surface area contributed by atoms with Gasteiger partial charge >= 0.3 is 0 Å². The number of rotatable bonds is 5. The van der Waals surface area contributed by atoms with E-state index < -0.39 is 0 Å². The molecule has 2 nitrogen and oxygen atoms in total. The molecule has 0 aliphatic rings. The van der Waals surface area contributed by atoms with Crippen LogP contribution in [0, 0.1) is 5.92 Å². The van der Waals surface area contributed by atoms with E-state index >= 15 is 0 Å². The highest BCUT2D eigenvalue weighted by Gasteiger charge is 2.26. The van der Waals surface area contributed by atoms with Crippen molar-refractivity contribution in [2.75, 3.05) is 0 Å². The Labute approximate surface area is 119 Å². The van der Waals surface area contributed by atoms with Crippen LogP contribution in [-0.2, 0) is 11.3 Å². The number of amides is 1. The van der Waals surface area contributed by atoms with Gasteiger partial charge in [-0.15, -0.1) is 0 Å². The molecule has 0 bridgehead atoms. The van der Waals surface area contributed by atoms with E-state index in [0.29, 0.717) is 12.5 Å². The summed E-state index contributed by atoms with van der Waals surface area (Å²) in [6.45, 7) is 8.89. The second-order valence-electron chi connectivity index (χ2n) is 5.19. The highest BCUT2D eigenvalue weighted by Crippen LogP contribution is 2.18. The summed E-state index contributed by atoms with van der Waals surface area (Å²) in [5.74, 6) is 0.471. The summed E-state index contributed by atoms with van der Waals surface area (Å²) < 4.78 is 0. The Morgan fingerprint density at radius 1 is 1.17 bits per heavy atom. The quantitative estimate of drug-likeness (QED) is 0.756. The fraction of sp³-hybridized carbons (Fsp3) is 0.533. The first-order valence-electron chi connectivity index (χ1n) is 6.42. The summed E-state index contributed by atoms with van der Waals surface area (Å²) >= 11 is 3.50. The second-order valence-corrected chi connectivity index (χ2v) is 6.18. The highest BCUT2D eigenvalue weighted by atomic mass is 79.9. The van der Waals surface area contributed by atoms with Crippen molar-refractivity contribution in [3.63, 3.8) is 0 Å². The number of nitrogens with zero attached hydrogens (tertiary/aromatic N) is 1. The predicted octanol–water partition coefficient (Wildman–Crippen LogP) is 3.84. The molecule has 1 aromatic rings. The van der Waals surface area contributed by atoms with Gasteiger partial charge in [-0.3, -0.25) is 4.79 Å². The first-order chi connectivity index (χ1) is 8.43. The number of benzene rings is 1. The number of carbonyl (C=O) groups is 1. The van der Waals surface area contributed by atoms with E-state index in [1.165, 1.54) is 5.56 Å². The zero-order chi connectivity index (χ0) is 13.7. The first kappa shape index (κ1) is 15.2. The lowest BCUT2D eigenvalue weighted by Crippen LogP contribution is -2.42. The molecular formula is C15H22BrNO. The number of hydrogen-bond donors (Lipinski definition) is 0. The molecule has 100 valence electrons. The molecule has 0 spiro atoms. The van der Waals surface area contributed by atoms with Gasteiger partial charge in [0.05, 0.1) is 4.83 Å². The van der Waals surface area contributed by atoms with E-state index in [0.717, 1.165) is 0 Å². The van der Waals surface area contributed by atoms with E-state index in [2.05, 4.69) is 55.8 Å². The third kappa shape index (κ3) is 4.13. The van der Waals surface area contributed by atoms with Crippen LogP contribution >= 0.6 is 15.9 Å². The summed E-state index contributed by atoms with van der Waals surface area (Å²) in [6.07, 6.45) is 0. The Kier molecular flexibility index (Phi) is 5.86. The summed E-state index contributed by atoms with van der Waals surface area (Å²) in [5, 5.41) is 0. The van der Waals surface area contributed by atoms with Crippen LogP contribution in [0.3, 0.4) is 0 Å². The van der Waals surface area contributed by atoms with Gasteiger partial charge in [0.2, 0.25) is 5.91 Å². The zero-order valence-corrected chi connectivity index (χ0v) is 13.1. The van der Waals surface area contributed by atoms with E-state index in [9.17, 15) is 4.79 Å². The highest BCUT2D eigenvalue weighted by molar-refractivity contribution is 9.10. The molecule has 0 aliphatic heterocycles. The van der Waals surface area contributed by atoms with Gasteiger partial charge in [0.15, 0.2) is 0 Å². The van der Waals surface area contributed by atoms with Crippen molar-refractivity contribution >= 4 is 21.8 Å². The monoisotopic (exact) mass is 311 g/mol. The summed E-state index contributed by atoms with van der Waals surface area (Å²) in [5.41, 5.74) is 1.17. The third-order valence-electron chi connectivity index (χ3n) is 2.92. The molecule has 0 saturated heterocycles. The maximum absolute atomic E-state index is 12.4. The van der Waals surface area contributed by atoms with Crippen molar-refractivity contribution < 1.29 is 4.79 Å². The summed E-state index contributed by atoms with van der Waals surface area (Å²) in [4.78, 5) is 14.2. The molecule has 3 heteroatoms. The number of halogens is 1. The summed E-state index contributed by atoms with van der Waals surface area (Å²) in [7, 11) is 0. The average molecular weight is 312 g/mol. The Morgan fingerprint density at radius 3 is 2.17 bits per heavy atom. The SMILES string of the molecule is CC(C)C(Br)C(=O)N(Cc1ccccc1)C(C)C. The molecule has 0 aliphatic carbocycles. The van der Waals surface area contributed by atoms with Crippen LogP contribution in [0.25, 0.3) is 0 Å². The maximum atomic E-state index is 12.4.